The summed E-state index contributed by atoms with van der Waals surface area (Å²) < 4.78 is 11.5. The van der Waals surface area contributed by atoms with Gasteiger partial charge in [-0.25, -0.2) is 0 Å². The van der Waals surface area contributed by atoms with Gasteiger partial charge in [0.25, 0.3) is 0 Å². The molecule has 0 saturated carbocycles. The van der Waals surface area contributed by atoms with E-state index in [0.29, 0.717) is 5.92 Å². The second kappa shape index (κ2) is 5.55. The molecular weight excluding hydrogens is 226 g/mol. The largest absolute Gasteiger partial charge is 0.459 e. The first kappa shape index (κ1) is 13.1. The first-order valence-electron chi connectivity index (χ1n) is 6.36. The fourth-order valence-corrected chi connectivity index (χ4v) is 2.42. The Morgan fingerprint density at radius 3 is 2.50 bits per heavy atom. The van der Waals surface area contributed by atoms with Gasteiger partial charge in [0.2, 0.25) is 0 Å². The predicted octanol–water partition coefficient (Wildman–Crippen LogP) is 3.36. The maximum absolute atomic E-state index is 5.91. The standard InChI is InChI=1S/C15H21NO2/c1-10(2)15(17-4)14(16-3)13-9-11-7-5-6-8-12(11)18-13/h5-10,14-16H,1-4H3. The summed E-state index contributed by atoms with van der Waals surface area (Å²) in [5, 5.41) is 4.42. The molecule has 0 bridgehead atoms. The lowest BCUT2D eigenvalue weighted by atomic mass is 9.97. The molecule has 0 spiro atoms. The number of ether oxygens (including phenoxy) is 1. The van der Waals surface area contributed by atoms with E-state index in [9.17, 15) is 0 Å². The van der Waals surface area contributed by atoms with Gasteiger partial charge in [-0.15, -0.1) is 0 Å². The zero-order chi connectivity index (χ0) is 13.1. The molecule has 0 aliphatic rings. The summed E-state index contributed by atoms with van der Waals surface area (Å²) >= 11 is 0. The molecule has 1 aromatic heterocycles. The Morgan fingerprint density at radius 1 is 1.22 bits per heavy atom. The lowest BCUT2D eigenvalue weighted by Crippen LogP contribution is -2.34. The molecule has 0 fully saturated rings. The van der Waals surface area contributed by atoms with Crippen LogP contribution in [0.15, 0.2) is 34.7 Å². The summed E-state index contributed by atoms with van der Waals surface area (Å²) in [5.41, 5.74) is 0.923. The molecule has 0 radical (unpaired) electrons. The van der Waals surface area contributed by atoms with Crippen LogP contribution in [0.5, 0.6) is 0 Å². The van der Waals surface area contributed by atoms with E-state index in [1.54, 1.807) is 7.11 Å². The van der Waals surface area contributed by atoms with Gasteiger partial charge in [-0.3, -0.25) is 0 Å². The summed E-state index contributed by atoms with van der Waals surface area (Å²) in [7, 11) is 3.68. The Balaban J connectivity index is 2.37. The van der Waals surface area contributed by atoms with Crippen LogP contribution in [0.25, 0.3) is 11.0 Å². The number of para-hydroxylation sites is 1. The fourth-order valence-electron chi connectivity index (χ4n) is 2.42. The Labute approximate surface area is 108 Å². The average molecular weight is 247 g/mol. The number of likely N-dealkylation sites (N-methyl/N-ethyl adjacent to an activating group) is 1. The number of methoxy groups -OCH3 is 1. The number of nitrogens with one attached hydrogen (secondary N) is 1. The molecule has 0 saturated heterocycles. The van der Waals surface area contributed by atoms with Gasteiger partial charge in [-0.1, -0.05) is 32.0 Å². The van der Waals surface area contributed by atoms with Crippen LogP contribution in [0.4, 0.5) is 0 Å². The van der Waals surface area contributed by atoms with Crippen molar-refractivity contribution in [1.29, 1.82) is 0 Å². The van der Waals surface area contributed by atoms with E-state index >= 15 is 0 Å². The van der Waals surface area contributed by atoms with Crippen molar-refractivity contribution in [1.82, 2.24) is 5.32 Å². The minimum Gasteiger partial charge on any atom is -0.459 e. The van der Waals surface area contributed by atoms with Crippen LogP contribution >= 0.6 is 0 Å². The maximum atomic E-state index is 5.91. The summed E-state index contributed by atoms with van der Waals surface area (Å²) in [4.78, 5) is 0. The second-order valence-corrected chi connectivity index (χ2v) is 4.90. The minimum absolute atomic E-state index is 0.0717. The van der Waals surface area contributed by atoms with Gasteiger partial charge in [-0.05, 0) is 25.1 Å². The van der Waals surface area contributed by atoms with Crippen LogP contribution in [-0.4, -0.2) is 20.3 Å². The van der Waals surface area contributed by atoms with Gasteiger partial charge in [-0.2, -0.15) is 0 Å². The van der Waals surface area contributed by atoms with E-state index in [0.717, 1.165) is 16.7 Å². The molecule has 1 N–H and O–H groups in total. The van der Waals surface area contributed by atoms with E-state index < -0.39 is 0 Å². The highest BCUT2D eigenvalue weighted by molar-refractivity contribution is 5.77. The van der Waals surface area contributed by atoms with E-state index in [2.05, 4.69) is 31.3 Å². The Kier molecular flexibility index (Phi) is 4.04. The number of rotatable bonds is 5. The number of furan rings is 1. The van der Waals surface area contributed by atoms with Crippen molar-refractivity contribution < 1.29 is 9.15 Å². The molecule has 1 heterocycles. The average Bonchev–Trinajstić information content (AvgIpc) is 2.78. The number of fused-ring (bicyclic) bond motifs is 1. The zero-order valence-electron chi connectivity index (χ0n) is 11.4. The Hall–Kier alpha value is -1.32. The van der Waals surface area contributed by atoms with Crippen molar-refractivity contribution in [2.45, 2.75) is 26.0 Å². The van der Waals surface area contributed by atoms with E-state index in [4.69, 9.17) is 9.15 Å². The van der Waals surface area contributed by atoms with Crippen LogP contribution in [0.2, 0.25) is 0 Å². The summed E-state index contributed by atoms with van der Waals surface area (Å²) in [5.74, 6) is 1.35. The predicted molar refractivity (Wildman–Crippen MR) is 73.6 cm³/mol. The van der Waals surface area contributed by atoms with Crippen LogP contribution < -0.4 is 5.32 Å². The first-order chi connectivity index (χ1) is 8.67. The maximum Gasteiger partial charge on any atom is 0.134 e. The van der Waals surface area contributed by atoms with Crippen LogP contribution in [0.3, 0.4) is 0 Å². The molecule has 18 heavy (non-hydrogen) atoms. The number of hydrogen-bond donors (Lipinski definition) is 1. The summed E-state index contributed by atoms with van der Waals surface area (Å²) in [6.07, 6.45) is 0.0931. The van der Waals surface area contributed by atoms with E-state index in [-0.39, 0.29) is 12.1 Å². The molecule has 3 nitrogen and oxygen atoms in total. The molecule has 2 unspecified atom stereocenters. The smallest absolute Gasteiger partial charge is 0.134 e. The molecule has 0 aliphatic carbocycles. The van der Waals surface area contributed by atoms with Gasteiger partial charge in [0.05, 0.1) is 12.1 Å². The molecule has 2 atom stereocenters. The molecule has 2 aromatic rings. The van der Waals surface area contributed by atoms with E-state index in [1.165, 1.54) is 0 Å². The zero-order valence-corrected chi connectivity index (χ0v) is 11.4. The van der Waals surface area contributed by atoms with Crippen molar-refractivity contribution >= 4 is 11.0 Å². The summed E-state index contributed by atoms with van der Waals surface area (Å²) in [6.45, 7) is 4.31. The topological polar surface area (TPSA) is 34.4 Å². The number of hydrogen-bond acceptors (Lipinski definition) is 3. The van der Waals surface area contributed by atoms with Crippen LogP contribution in [0, 0.1) is 5.92 Å². The van der Waals surface area contributed by atoms with Crippen molar-refractivity contribution in [3.63, 3.8) is 0 Å². The van der Waals surface area contributed by atoms with Crippen molar-refractivity contribution in [3.05, 3.63) is 36.1 Å². The first-order valence-corrected chi connectivity index (χ1v) is 6.36. The summed E-state index contributed by atoms with van der Waals surface area (Å²) in [6, 6.07) is 10.2. The molecule has 3 heteroatoms. The van der Waals surface area contributed by atoms with Crippen molar-refractivity contribution in [2.24, 2.45) is 5.92 Å². The highest BCUT2D eigenvalue weighted by atomic mass is 16.5. The van der Waals surface area contributed by atoms with Crippen LogP contribution in [0.1, 0.15) is 25.6 Å². The van der Waals surface area contributed by atoms with Crippen molar-refractivity contribution in [3.8, 4) is 0 Å². The van der Waals surface area contributed by atoms with Gasteiger partial charge < -0.3 is 14.5 Å². The Morgan fingerprint density at radius 2 is 1.94 bits per heavy atom. The third-order valence-corrected chi connectivity index (χ3v) is 3.32. The van der Waals surface area contributed by atoms with Gasteiger partial charge in [0, 0.05) is 12.5 Å². The highest BCUT2D eigenvalue weighted by Crippen LogP contribution is 2.29. The molecule has 1 aromatic carbocycles. The van der Waals surface area contributed by atoms with Gasteiger partial charge >= 0.3 is 0 Å². The molecule has 0 aliphatic heterocycles. The number of benzene rings is 1. The fraction of sp³-hybridized carbons (Fsp3) is 0.467. The van der Waals surface area contributed by atoms with Gasteiger partial charge in [0.1, 0.15) is 11.3 Å². The SMILES string of the molecule is CNC(c1cc2ccccc2o1)C(OC)C(C)C. The minimum atomic E-state index is 0.0717. The quantitative estimate of drug-likeness (QED) is 0.879. The third-order valence-electron chi connectivity index (χ3n) is 3.32. The monoisotopic (exact) mass is 247 g/mol. The molecule has 2 rings (SSSR count). The van der Waals surface area contributed by atoms with Crippen LogP contribution in [-0.2, 0) is 4.74 Å². The Bertz CT molecular complexity index is 471. The van der Waals surface area contributed by atoms with Crippen molar-refractivity contribution in [2.75, 3.05) is 14.2 Å². The lowest BCUT2D eigenvalue weighted by molar-refractivity contribution is 0.0292. The lowest BCUT2D eigenvalue weighted by Gasteiger charge is -2.27. The molecular formula is C15H21NO2. The molecule has 98 valence electrons. The third kappa shape index (κ3) is 2.42. The molecule has 0 amide bonds. The second-order valence-electron chi connectivity index (χ2n) is 4.90. The van der Waals surface area contributed by atoms with Gasteiger partial charge in [0.15, 0.2) is 0 Å². The van der Waals surface area contributed by atoms with E-state index in [1.807, 2.05) is 25.2 Å². The normalized spacial score (nSPS) is 15.2. The highest BCUT2D eigenvalue weighted by Gasteiger charge is 2.27.